The number of aliphatic hydroxyl groups is 1. The Morgan fingerprint density at radius 3 is 2.63 bits per heavy atom. The second-order valence-electron chi connectivity index (χ2n) is 4.05. The molecule has 0 aliphatic heterocycles. The summed E-state index contributed by atoms with van der Waals surface area (Å²) < 4.78 is 0. The minimum Gasteiger partial charge on any atom is -0.387 e. The number of carbonyl (C=O) groups excluding carboxylic acids is 1. The zero-order chi connectivity index (χ0) is 13.8. The first kappa shape index (κ1) is 13.0. The van der Waals surface area contributed by atoms with Gasteiger partial charge in [-0.25, -0.2) is 5.10 Å². The second kappa shape index (κ2) is 5.45. The van der Waals surface area contributed by atoms with Gasteiger partial charge in [-0.15, -0.1) is 0 Å². The van der Waals surface area contributed by atoms with Crippen LogP contribution >= 0.6 is 0 Å². The molecule has 0 bridgehead atoms. The van der Waals surface area contributed by atoms with Crippen molar-refractivity contribution < 1.29 is 9.90 Å². The average molecular weight is 259 g/mol. The molecule has 6 nitrogen and oxygen atoms in total. The number of aliphatic hydroxyl groups excluding tert-OH is 1. The number of amides is 1. The van der Waals surface area contributed by atoms with Crippen LogP contribution in [-0.2, 0) is 4.79 Å². The SMILES string of the molecule is Cc1cc(=O)[nH]nc1-c1ccc(NC(=O)CO)cc1. The van der Waals surface area contributed by atoms with Crippen LogP contribution in [0.15, 0.2) is 35.1 Å². The van der Waals surface area contributed by atoms with Gasteiger partial charge in [-0.2, -0.15) is 5.10 Å². The Balaban J connectivity index is 2.27. The molecule has 6 heteroatoms. The highest BCUT2D eigenvalue weighted by Crippen LogP contribution is 2.21. The summed E-state index contributed by atoms with van der Waals surface area (Å²) in [6.07, 6.45) is 0. The van der Waals surface area contributed by atoms with Crippen LogP contribution in [0.2, 0.25) is 0 Å². The standard InChI is InChI=1S/C13H13N3O3/c1-8-6-11(18)15-16-13(8)9-2-4-10(5-3-9)14-12(19)7-17/h2-6,17H,7H2,1H3,(H,14,19)(H,15,18). The summed E-state index contributed by atoms with van der Waals surface area (Å²) in [5.41, 5.74) is 2.63. The van der Waals surface area contributed by atoms with Crippen molar-refractivity contribution >= 4 is 11.6 Å². The monoisotopic (exact) mass is 259 g/mol. The number of nitrogens with one attached hydrogen (secondary N) is 2. The third kappa shape index (κ3) is 3.05. The molecule has 2 rings (SSSR count). The molecule has 0 aliphatic carbocycles. The summed E-state index contributed by atoms with van der Waals surface area (Å²) in [6.45, 7) is 1.25. The van der Waals surface area contributed by atoms with Gasteiger partial charge in [0.1, 0.15) is 6.61 Å². The Morgan fingerprint density at radius 1 is 1.37 bits per heavy atom. The summed E-state index contributed by atoms with van der Waals surface area (Å²) in [7, 11) is 0. The molecule has 1 amide bonds. The minimum atomic E-state index is -0.553. The van der Waals surface area contributed by atoms with E-state index < -0.39 is 12.5 Å². The van der Waals surface area contributed by atoms with Gasteiger partial charge in [-0.1, -0.05) is 12.1 Å². The van der Waals surface area contributed by atoms with E-state index >= 15 is 0 Å². The van der Waals surface area contributed by atoms with Crippen LogP contribution in [0.3, 0.4) is 0 Å². The molecule has 1 aromatic carbocycles. The third-order valence-corrected chi connectivity index (χ3v) is 2.58. The van der Waals surface area contributed by atoms with Gasteiger partial charge in [-0.3, -0.25) is 9.59 Å². The number of hydrogen-bond donors (Lipinski definition) is 3. The van der Waals surface area contributed by atoms with Gasteiger partial charge in [0.25, 0.3) is 5.56 Å². The van der Waals surface area contributed by atoms with Crippen LogP contribution < -0.4 is 10.9 Å². The van der Waals surface area contributed by atoms with Crippen LogP contribution in [-0.4, -0.2) is 27.8 Å². The molecular formula is C13H13N3O3. The molecule has 0 unspecified atom stereocenters. The maximum Gasteiger partial charge on any atom is 0.264 e. The Morgan fingerprint density at radius 2 is 2.05 bits per heavy atom. The molecular weight excluding hydrogens is 246 g/mol. The number of hydrogen-bond acceptors (Lipinski definition) is 4. The summed E-state index contributed by atoms with van der Waals surface area (Å²) in [6, 6.07) is 8.44. The number of aryl methyl sites for hydroxylation is 1. The Bertz CT molecular complexity index is 647. The molecule has 0 radical (unpaired) electrons. The first-order chi connectivity index (χ1) is 9.10. The number of rotatable bonds is 3. The lowest BCUT2D eigenvalue weighted by atomic mass is 10.1. The Labute approximate surface area is 109 Å². The number of carbonyl (C=O) groups is 1. The lowest BCUT2D eigenvalue weighted by Crippen LogP contribution is -2.15. The fraction of sp³-hybridized carbons (Fsp3) is 0.154. The van der Waals surface area contributed by atoms with Crippen molar-refractivity contribution in [3.63, 3.8) is 0 Å². The molecule has 0 aliphatic rings. The lowest BCUT2D eigenvalue weighted by molar-refractivity contribution is -0.118. The number of aromatic amines is 1. The van der Waals surface area contributed by atoms with Crippen LogP contribution in [0.5, 0.6) is 0 Å². The molecule has 1 heterocycles. The molecule has 0 spiro atoms. The first-order valence-corrected chi connectivity index (χ1v) is 5.67. The number of nitrogens with zero attached hydrogens (tertiary/aromatic N) is 1. The zero-order valence-corrected chi connectivity index (χ0v) is 10.3. The van der Waals surface area contributed by atoms with Crippen LogP contribution in [0, 0.1) is 6.92 Å². The Hall–Kier alpha value is -2.47. The molecule has 3 N–H and O–H groups in total. The number of H-pyrrole nitrogens is 1. The molecule has 2 aromatic rings. The third-order valence-electron chi connectivity index (χ3n) is 2.58. The predicted octanol–water partition coefficient (Wildman–Crippen LogP) is 0.676. The maximum atomic E-state index is 11.1. The molecule has 0 saturated heterocycles. The van der Waals surface area contributed by atoms with E-state index in [0.717, 1.165) is 11.1 Å². The van der Waals surface area contributed by atoms with Crippen LogP contribution in [0.25, 0.3) is 11.3 Å². The predicted molar refractivity (Wildman–Crippen MR) is 70.7 cm³/mol. The van der Waals surface area contributed by atoms with E-state index in [1.54, 1.807) is 31.2 Å². The van der Waals surface area contributed by atoms with Gasteiger partial charge < -0.3 is 10.4 Å². The molecule has 98 valence electrons. The normalized spacial score (nSPS) is 10.2. The van der Waals surface area contributed by atoms with Crippen molar-refractivity contribution in [3.8, 4) is 11.3 Å². The zero-order valence-electron chi connectivity index (χ0n) is 10.3. The van der Waals surface area contributed by atoms with Crippen LogP contribution in [0.1, 0.15) is 5.56 Å². The molecule has 0 saturated carbocycles. The van der Waals surface area contributed by atoms with E-state index in [2.05, 4.69) is 15.5 Å². The summed E-state index contributed by atoms with van der Waals surface area (Å²) in [5, 5.41) is 17.5. The van der Waals surface area contributed by atoms with E-state index in [4.69, 9.17) is 5.11 Å². The Kier molecular flexibility index (Phi) is 3.72. The highest BCUT2D eigenvalue weighted by molar-refractivity contribution is 5.91. The first-order valence-electron chi connectivity index (χ1n) is 5.67. The molecule has 0 atom stereocenters. The second-order valence-corrected chi connectivity index (χ2v) is 4.05. The number of benzene rings is 1. The minimum absolute atomic E-state index is 0.243. The van der Waals surface area contributed by atoms with Gasteiger partial charge in [0.15, 0.2) is 0 Å². The quantitative estimate of drug-likeness (QED) is 0.755. The van der Waals surface area contributed by atoms with E-state index in [-0.39, 0.29) is 5.56 Å². The number of aromatic nitrogens is 2. The van der Waals surface area contributed by atoms with Crippen molar-refractivity contribution in [1.29, 1.82) is 0 Å². The van der Waals surface area contributed by atoms with E-state index in [1.165, 1.54) is 6.07 Å². The summed E-state index contributed by atoms with van der Waals surface area (Å²) >= 11 is 0. The van der Waals surface area contributed by atoms with Crippen molar-refractivity contribution in [3.05, 3.63) is 46.2 Å². The van der Waals surface area contributed by atoms with Gasteiger partial charge in [0.05, 0.1) is 5.69 Å². The largest absolute Gasteiger partial charge is 0.387 e. The molecule has 1 aromatic heterocycles. The average Bonchev–Trinajstić information content (AvgIpc) is 2.40. The van der Waals surface area contributed by atoms with Gasteiger partial charge in [0, 0.05) is 17.3 Å². The number of anilines is 1. The van der Waals surface area contributed by atoms with Crippen molar-refractivity contribution in [2.24, 2.45) is 0 Å². The van der Waals surface area contributed by atoms with E-state index in [1.807, 2.05) is 0 Å². The molecule has 19 heavy (non-hydrogen) atoms. The summed E-state index contributed by atoms with van der Waals surface area (Å²) in [5.74, 6) is -0.467. The van der Waals surface area contributed by atoms with Crippen LogP contribution in [0.4, 0.5) is 5.69 Å². The topological polar surface area (TPSA) is 95.1 Å². The van der Waals surface area contributed by atoms with Gasteiger partial charge >= 0.3 is 0 Å². The lowest BCUT2D eigenvalue weighted by Gasteiger charge is -2.06. The van der Waals surface area contributed by atoms with E-state index in [0.29, 0.717) is 11.4 Å². The fourth-order valence-electron chi connectivity index (χ4n) is 1.70. The highest BCUT2D eigenvalue weighted by atomic mass is 16.3. The molecule has 0 fully saturated rings. The van der Waals surface area contributed by atoms with Crippen molar-refractivity contribution in [2.75, 3.05) is 11.9 Å². The maximum absolute atomic E-state index is 11.1. The summed E-state index contributed by atoms with van der Waals surface area (Å²) in [4.78, 5) is 22.1. The van der Waals surface area contributed by atoms with Gasteiger partial charge in [0.2, 0.25) is 5.91 Å². The smallest absolute Gasteiger partial charge is 0.264 e. The van der Waals surface area contributed by atoms with Gasteiger partial charge in [-0.05, 0) is 24.6 Å². The highest BCUT2D eigenvalue weighted by Gasteiger charge is 2.05. The van der Waals surface area contributed by atoms with Crippen molar-refractivity contribution in [1.82, 2.24) is 10.2 Å². The van der Waals surface area contributed by atoms with Crippen molar-refractivity contribution in [2.45, 2.75) is 6.92 Å². The fourth-order valence-corrected chi connectivity index (χ4v) is 1.70. The van der Waals surface area contributed by atoms with E-state index in [9.17, 15) is 9.59 Å².